The molecule has 2 heteroatoms. The number of benzene rings is 1. The first kappa shape index (κ1) is 13.6. The molecule has 0 aliphatic heterocycles. The van der Waals surface area contributed by atoms with Crippen LogP contribution in [0.3, 0.4) is 0 Å². The molecule has 0 amide bonds. The van der Waals surface area contributed by atoms with Crippen molar-refractivity contribution in [2.24, 2.45) is 0 Å². The number of terminal acetylenes is 1. The number of nitrogens with one attached hydrogen (secondary N) is 1. The first-order valence-electron chi connectivity index (χ1n) is 6.12. The molecule has 0 radical (unpaired) electrons. The second kappa shape index (κ2) is 7.76. The van der Waals surface area contributed by atoms with Crippen LogP contribution >= 0.6 is 0 Å². The molecule has 1 aromatic carbocycles. The van der Waals surface area contributed by atoms with Crippen LogP contribution in [0.4, 0.5) is 0 Å². The molecule has 0 saturated carbocycles. The Balaban J connectivity index is 2.44. The molecular weight excluding hydrogens is 210 g/mol. The molecule has 0 heterocycles. The van der Waals surface area contributed by atoms with Crippen molar-refractivity contribution in [3.63, 3.8) is 0 Å². The van der Waals surface area contributed by atoms with Gasteiger partial charge in [0.15, 0.2) is 0 Å². The van der Waals surface area contributed by atoms with E-state index in [9.17, 15) is 0 Å². The van der Waals surface area contributed by atoms with E-state index < -0.39 is 0 Å². The van der Waals surface area contributed by atoms with Gasteiger partial charge < -0.3 is 10.1 Å². The minimum atomic E-state index is 0.206. The van der Waals surface area contributed by atoms with E-state index in [-0.39, 0.29) is 6.10 Å². The van der Waals surface area contributed by atoms with Crippen LogP contribution < -0.4 is 10.1 Å². The Bertz CT molecular complexity index is 365. The summed E-state index contributed by atoms with van der Waals surface area (Å²) in [6.07, 6.45) is 7.26. The predicted octanol–water partition coefficient (Wildman–Crippen LogP) is 2.98. The molecule has 17 heavy (non-hydrogen) atoms. The summed E-state index contributed by atoms with van der Waals surface area (Å²) < 4.78 is 5.75. The molecule has 0 fully saturated rings. The van der Waals surface area contributed by atoms with Crippen molar-refractivity contribution in [2.75, 3.05) is 6.54 Å². The SMILES string of the molecule is C#CCCCNCc1ccccc1OC(C)C. The highest BCUT2D eigenvalue weighted by Gasteiger charge is 2.03. The van der Waals surface area contributed by atoms with Crippen molar-refractivity contribution < 1.29 is 4.74 Å². The predicted molar refractivity (Wildman–Crippen MR) is 72.0 cm³/mol. The number of ether oxygens (including phenoxy) is 1. The van der Waals surface area contributed by atoms with Crippen LogP contribution in [0.2, 0.25) is 0 Å². The number of rotatable bonds is 7. The van der Waals surface area contributed by atoms with E-state index in [2.05, 4.69) is 17.3 Å². The van der Waals surface area contributed by atoms with Crippen molar-refractivity contribution in [3.05, 3.63) is 29.8 Å². The highest BCUT2D eigenvalue weighted by atomic mass is 16.5. The summed E-state index contributed by atoms with van der Waals surface area (Å²) in [7, 11) is 0. The molecule has 1 rings (SSSR count). The van der Waals surface area contributed by atoms with Crippen LogP contribution in [0.15, 0.2) is 24.3 Å². The fraction of sp³-hybridized carbons (Fsp3) is 0.467. The summed E-state index contributed by atoms with van der Waals surface area (Å²) in [6, 6.07) is 8.13. The third-order valence-corrected chi connectivity index (χ3v) is 2.33. The van der Waals surface area contributed by atoms with Gasteiger partial charge in [0.05, 0.1) is 6.10 Å². The monoisotopic (exact) mass is 231 g/mol. The fourth-order valence-electron chi connectivity index (χ4n) is 1.56. The largest absolute Gasteiger partial charge is 0.491 e. The highest BCUT2D eigenvalue weighted by Crippen LogP contribution is 2.18. The van der Waals surface area contributed by atoms with Crippen LogP contribution in [0.25, 0.3) is 0 Å². The first-order valence-corrected chi connectivity index (χ1v) is 6.12. The zero-order valence-electron chi connectivity index (χ0n) is 10.7. The Labute approximate surface area is 104 Å². The molecule has 0 bridgehead atoms. The Morgan fingerprint density at radius 3 is 2.82 bits per heavy atom. The molecule has 0 saturated heterocycles. The molecule has 0 aliphatic rings. The van der Waals surface area contributed by atoms with Gasteiger partial charge in [0.1, 0.15) is 5.75 Å². The number of unbranched alkanes of at least 4 members (excludes halogenated alkanes) is 1. The minimum absolute atomic E-state index is 0.206. The summed E-state index contributed by atoms with van der Waals surface area (Å²) in [5.41, 5.74) is 1.20. The molecular formula is C15H21NO. The standard InChI is InChI=1S/C15H21NO/c1-4-5-8-11-16-12-14-9-6-7-10-15(14)17-13(2)3/h1,6-7,9-10,13,16H,5,8,11-12H2,2-3H3. The van der Waals surface area contributed by atoms with Crippen LogP contribution in [-0.2, 0) is 6.54 Å². The zero-order chi connectivity index (χ0) is 12.5. The lowest BCUT2D eigenvalue weighted by Gasteiger charge is -2.14. The smallest absolute Gasteiger partial charge is 0.124 e. The quantitative estimate of drug-likeness (QED) is 0.575. The summed E-state index contributed by atoms with van der Waals surface area (Å²) in [5.74, 6) is 3.60. The third kappa shape index (κ3) is 5.42. The topological polar surface area (TPSA) is 21.3 Å². The van der Waals surface area contributed by atoms with Crippen LogP contribution in [-0.4, -0.2) is 12.6 Å². The molecule has 0 aromatic heterocycles. The minimum Gasteiger partial charge on any atom is -0.491 e. The molecule has 0 spiro atoms. The lowest BCUT2D eigenvalue weighted by atomic mass is 10.2. The molecule has 0 aliphatic carbocycles. The van der Waals surface area contributed by atoms with E-state index >= 15 is 0 Å². The fourth-order valence-corrected chi connectivity index (χ4v) is 1.56. The van der Waals surface area contributed by atoms with Gasteiger partial charge in [-0.3, -0.25) is 0 Å². The van der Waals surface area contributed by atoms with E-state index in [4.69, 9.17) is 11.2 Å². The molecule has 2 nitrogen and oxygen atoms in total. The lowest BCUT2D eigenvalue weighted by molar-refractivity contribution is 0.239. The second-order valence-electron chi connectivity index (χ2n) is 4.26. The summed E-state index contributed by atoms with van der Waals surface area (Å²) >= 11 is 0. The van der Waals surface area contributed by atoms with Gasteiger partial charge in [0.2, 0.25) is 0 Å². The second-order valence-corrected chi connectivity index (χ2v) is 4.26. The van der Waals surface area contributed by atoms with E-state index in [1.54, 1.807) is 0 Å². The number of hydrogen-bond donors (Lipinski definition) is 1. The maximum absolute atomic E-state index is 5.75. The average molecular weight is 231 g/mol. The Morgan fingerprint density at radius 1 is 1.35 bits per heavy atom. The van der Waals surface area contributed by atoms with E-state index in [0.717, 1.165) is 31.7 Å². The summed E-state index contributed by atoms with van der Waals surface area (Å²) in [6.45, 7) is 5.85. The van der Waals surface area contributed by atoms with Crippen molar-refractivity contribution in [1.29, 1.82) is 0 Å². The van der Waals surface area contributed by atoms with Crippen LogP contribution in [0.1, 0.15) is 32.3 Å². The van der Waals surface area contributed by atoms with Crippen LogP contribution in [0, 0.1) is 12.3 Å². The number of para-hydroxylation sites is 1. The summed E-state index contributed by atoms with van der Waals surface area (Å²) in [4.78, 5) is 0. The van der Waals surface area contributed by atoms with Gasteiger partial charge in [-0.2, -0.15) is 0 Å². The molecule has 0 atom stereocenters. The third-order valence-electron chi connectivity index (χ3n) is 2.33. The van der Waals surface area contributed by atoms with Crippen molar-refractivity contribution >= 4 is 0 Å². The Hall–Kier alpha value is -1.46. The van der Waals surface area contributed by atoms with E-state index in [1.807, 2.05) is 32.0 Å². The van der Waals surface area contributed by atoms with Gasteiger partial charge in [-0.15, -0.1) is 12.3 Å². The van der Waals surface area contributed by atoms with Gasteiger partial charge in [0.25, 0.3) is 0 Å². The van der Waals surface area contributed by atoms with Gasteiger partial charge in [0, 0.05) is 18.5 Å². The van der Waals surface area contributed by atoms with E-state index in [0.29, 0.717) is 0 Å². The molecule has 0 unspecified atom stereocenters. The Kier molecular flexibility index (Phi) is 6.21. The summed E-state index contributed by atoms with van der Waals surface area (Å²) in [5, 5.41) is 3.37. The first-order chi connectivity index (χ1) is 8.24. The molecule has 92 valence electrons. The van der Waals surface area contributed by atoms with Gasteiger partial charge in [-0.05, 0) is 32.9 Å². The van der Waals surface area contributed by atoms with Crippen molar-refractivity contribution in [2.45, 2.75) is 39.3 Å². The van der Waals surface area contributed by atoms with Crippen LogP contribution in [0.5, 0.6) is 5.75 Å². The molecule has 1 aromatic rings. The average Bonchev–Trinajstić information content (AvgIpc) is 2.30. The zero-order valence-corrected chi connectivity index (χ0v) is 10.7. The number of hydrogen-bond acceptors (Lipinski definition) is 2. The van der Waals surface area contributed by atoms with E-state index in [1.165, 1.54) is 5.56 Å². The molecule has 1 N–H and O–H groups in total. The Morgan fingerprint density at radius 2 is 2.12 bits per heavy atom. The van der Waals surface area contributed by atoms with Crippen molar-refractivity contribution in [1.82, 2.24) is 5.32 Å². The van der Waals surface area contributed by atoms with Gasteiger partial charge >= 0.3 is 0 Å². The van der Waals surface area contributed by atoms with Crippen molar-refractivity contribution in [3.8, 4) is 18.1 Å². The maximum atomic E-state index is 5.75. The van der Waals surface area contributed by atoms with Gasteiger partial charge in [-0.25, -0.2) is 0 Å². The van der Waals surface area contributed by atoms with Gasteiger partial charge in [-0.1, -0.05) is 18.2 Å². The normalized spacial score (nSPS) is 10.2. The lowest BCUT2D eigenvalue weighted by Crippen LogP contribution is -2.16. The maximum Gasteiger partial charge on any atom is 0.124 e. The highest BCUT2D eigenvalue weighted by molar-refractivity contribution is 5.33.